The van der Waals surface area contributed by atoms with Crippen LogP contribution in [0.5, 0.6) is 0 Å². The Balaban J connectivity index is 1.76. The van der Waals surface area contributed by atoms with Crippen molar-refractivity contribution in [3.63, 3.8) is 0 Å². The number of nitrogens with one attached hydrogen (secondary N) is 1. The predicted octanol–water partition coefficient (Wildman–Crippen LogP) is 2.92. The van der Waals surface area contributed by atoms with Crippen molar-refractivity contribution in [2.24, 2.45) is 0 Å². The molecule has 138 valence electrons. The van der Waals surface area contributed by atoms with Crippen molar-refractivity contribution in [1.29, 1.82) is 0 Å². The number of aryl methyl sites for hydroxylation is 3. The van der Waals surface area contributed by atoms with Crippen LogP contribution in [0.4, 0.5) is 11.5 Å². The zero-order valence-electron chi connectivity index (χ0n) is 16.0. The van der Waals surface area contributed by atoms with Gasteiger partial charge < -0.3 is 15.1 Å². The van der Waals surface area contributed by atoms with Crippen LogP contribution in [0.1, 0.15) is 34.1 Å². The van der Waals surface area contributed by atoms with E-state index in [1.54, 1.807) is 6.07 Å². The first kappa shape index (κ1) is 18.3. The van der Waals surface area contributed by atoms with E-state index in [1.807, 2.05) is 4.90 Å². The fourth-order valence-corrected chi connectivity index (χ4v) is 3.48. The summed E-state index contributed by atoms with van der Waals surface area (Å²) in [6.45, 7) is 12.7. The minimum absolute atomic E-state index is 0.0245. The lowest BCUT2D eigenvalue weighted by atomic mass is 10.1. The largest absolute Gasteiger partial charge is 0.340 e. The summed E-state index contributed by atoms with van der Waals surface area (Å²) in [6.07, 6.45) is 1.46. The molecule has 0 radical (unpaired) electrons. The van der Waals surface area contributed by atoms with Crippen LogP contribution in [0.2, 0.25) is 0 Å². The van der Waals surface area contributed by atoms with Crippen molar-refractivity contribution in [2.45, 2.75) is 27.7 Å². The Morgan fingerprint density at radius 1 is 1.04 bits per heavy atom. The van der Waals surface area contributed by atoms with Gasteiger partial charge in [-0.3, -0.25) is 4.79 Å². The van der Waals surface area contributed by atoms with Gasteiger partial charge in [0.2, 0.25) is 0 Å². The van der Waals surface area contributed by atoms with Gasteiger partial charge in [0.1, 0.15) is 17.8 Å². The van der Waals surface area contributed by atoms with Gasteiger partial charge in [-0.25, -0.2) is 9.97 Å². The quantitative estimate of drug-likeness (QED) is 0.916. The molecule has 6 nitrogen and oxygen atoms in total. The number of anilines is 2. The van der Waals surface area contributed by atoms with Crippen LogP contribution in [-0.2, 0) is 0 Å². The van der Waals surface area contributed by atoms with Gasteiger partial charge in [0, 0.05) is 37.9 Å². The minimum Gasteiger partial charge on any atom is -0.340 e. The van der Waals surface area contributed by atoms with Crippen molar-refractivity contribution in [3.05, 3.63) is 46.9 Å². The van der Waals surface area contributed by atoms with E-state index in [0.29, 0.717) is 11.5 Å². The van der Waals surface area contributed by atoms with E-state index >= 15 is 0 Å². The van der Waals surface area contributed by atoms with Crippen LogP contribution in [0.25, 0.3) is 0 Å². The van der Waals surface area contributed by atoms with Gasteiger partial charge in [0.25, 0.3) is 5.91 Å². The molecule has 26 heavy (non-hydrogen) atoms. The Bertz CT molecular complexity index is 774. The molecule has 1 N–H and O–H groups in total. The number of benzene rings is 1. The van der Waals surface area contributed by atoms with Crippen LogP contribution in [0, 0.1) is 20.8 Å². The first-order valence-corrected chi connectivity index (χ1v) is 9.16. The molecule has 0 saturated carbocycles. The zero-order valence-corrected chi connectivity index (χ0v) is 16.0. The zero-order chi connectivity index (χ0) is 18.7. The summed E-state index contributed by atoms with van der Waals surface area (Å²) in [5.41, 5.74) is 5.02. The summed E-state index contributed by atoms with van der Waals surface area (Å²) < 4.78 is 0. The number of hydrogen-bond acceptors (Lipinski definition) is 5. The molecule has 0 aliphatic carbocycles. The maximum atomic E-state index is 12.8. The third-order valence-corrected chi connectivity index (χ3v) is 4.92. The first-order valence-electron chi connectivity index (χ1n) is 9.16. The Hall–Kier alpha value is -2.47. The Labute approximate surface area is 155 Å². The molecule has 1 aromatic carbocycles. The molecular weight excluding hydrogens is 326 g/mol. The van der Waals surface area contributed by atoms with Crippen molar-refractivity contribution in [1.82, 2.24) is 19.8 Å². The summed E-state index contributed by atoms with van der Waals surface area (Å²) >= 11 is 0. The van der Waals surface area contributed by atoms with Crippen LogP contribution >= 0.6 is 0 Å². The van der Waals surface area contributed by atoms with Gasteiger partial charge in [-0.1, -0.05) is 24.6 Å². The highest BCUT2D eigenvalue weighted by atomic mass is 16.2. The summed E-state index contributed by atoms with van der Waals surface area (Å²) in [7, 11) is 0. The van der Waals surface area contributed by atoms with Crippen LogP contribution in [0.3, 0.4) is 0 Å². The van der Waals surface area contributed by atoms with Gasteiger partial charge in [-0.05, 0) is 38.4 Å². The topological polar surface area (TPSA) is 61.4 Å². The molecule has 2 aromatic rings. The number of likely N-dealkylation sites (N-methyl/N-ethyl adjacent to an activating group) is 1. The van der Waals surface area contributed by atoms with Crippen LogP contribution < -0.4 is 5.32 Å². The van der Waals surface area contributed by atoms with Gasteiger partial charge in [0.15, 0.2) is 0 Å². The van der Waals surface area contributed by atoms with E-state index in [2.05, 4.69) is 60.0 Å². The number of nitrogens with zero attached hydrogens (tertiary/aromatic N) is 4. The second-order valence-electron chi connectivity index (χ2n) is 6.91. The molecule has 1 amide bonds. The fourth-order valence-electron chi connectivity index (χ4n) is 3.48. The summed E-state index contributed by atoms with van der Waals surface area (Å²) in [5.74, 6) is 0.620. The van der Waals surface area contributed by atoms with Crippen molar-refractivity contribution in [2.75, 3.05) is 38.0 Å². The summed E-state index contributed by atoms with van der Waals surface area (Å²) in [4.78, 5) is 25.5. The Morgan fingerprint density at radius 2 is 1.69 bits per heavy atom. The third kappa shape index (κ3) is 4.02. The number of aromatic nitrogens is 2. The average Bonchev–Trinajstić information content (AvgIpc) is 2.64. The highest BCUT2D eigenvalue weighted by molar-refractivity contribution is 5.93. The summed E-state index contributed by atoms with van der Waals surface area (Å²) in [5, 5.41) is 3.35. The number of piperazine rings is 1. The SMILES string of the molecule is CCN1CCN(C(=O)c2cc(Nc3c(C)cc(C)cc3C)ncn2)CC1. The summed E-state index contributed by atoms with van der Waals surface area (Å²) in [6, 6.07) is 6.01. The average molecular weight is 353 g/mol. The molecule has 1 aliphatic heterocycles. The Morgan fingerprint density at radius 3 is 2.31 bits per heavy atom. The smallest absolute Gasteiger partial charge is 0.272 e. The lowest BCUT2D eigenvalue weighted by molar-refractivity contribution is 0.0637. The fraction of sp³-hybridized carbons (Fsp3) is 0.450. The highest BCUT2D eigenvalue weighted by Gasteiger charge is 2.22. The first-order chi connectivity index (χ1) is 12.5. The van der Waals surface area contributed by atoms with Crippen LogP contribution in [-0.4, -0.2) is 58.4 Å². The molecule has 1 fully saturated rings. The number of carbonyl (C=O) groups excluding carboxylic acids is 1. The number of amides is 1. The lowest BCUT2D eigenvalue weighted by Gasteiger charge is -2.33. The van der Waals surface area contributed by atoms with Gasteiger partial charge in [-0.2, -0.15) is 0 Å². The van der Waals surface area contributed by atoms with E-state index in [4.69, 9.17) is 0 Å². The maximum absolute atomic E-state index is 12.8. The molecule has 0 spiro atoms. The number of carbonyl (C=O) groups is 1. The maximum Gasteiger partial charge on any atom is 0.272 e. The van der Waals surface area contributed by atoms with Gasteiger partial charge in [0.05, 0.1) is 0 Å². The molecule has 1 aromatic heterocycles. The highest BCUT2D eigenvalue weighted by Crippen LogP contribution is 2.25. The molecular formula is C20H27N5O. The normalized spacial score (nSPS) is 15.2. The monoisotopic (exact) mass is 353 g/mol. The van der Waals surface area contributed by atoms with E-state index in [0.717, 1.165) is 49.5 Å². The van der Waals surface area contributed by atoms with Crippen LogP contribution in [0.15, 0.2) is 24.5 Å². The lowest BCUT2D eigenvalue weighted by Crippen LogP contribution is -2.48. The molecule has 6 heteroatoms. The van der Waals surface area contributed by atoms with Gasteiger partial charge >= 0.3 is 0 Å². The minimum atomic E-state index is -0.0245. The molecule has 2 heterocycles. The molecule has 0 atom stereocenters. The van der Waals surface area contributed by atoms with Crippen molar-refractivity contribution < 1.29 is 4.79 Å². The second-order valence-corrected chi connectivity index (χ2v) is 6.91. The van der Waals surface area contributed by atoms with E-state index in [-0.39, 0.29) is 5.91 Å². The van der Waals surface area contributed by atoms with E-state index in [9.17, 15) is 4.79 Å². The van der Waals surface area contributed by atoms with Crippen molar-refractivity contribution in [3.8, 4) is 0 Å². The third-order valence-electron chi connectivity index (χ3n) is 4.92. The predicted molar refractivity (Wildman–Crippen MR) is 104 cm³/mol. The number of hydrogen-bond donors (Lipinski definition) is 1. The molecule has 0 unspecified atom stereocenters. The van der Waals surface area contributed by atoms with E-state index < -0.39 is 0 Å². The van der Waals surface area contributed by atoms with Gasteiger partial charge in [-0.15, -0.1) is 0 Å². The van der Waals surface area contributed by atoms with Crippen molar-refractivity contribution >= 4 is 17.4 Å². The molecule has 1 aliphatic rings. The number of rotatable bonds is 4. The molecule has 3 rings (SSSR count). The second kappa shape index (κ2) is 7.83. The standard InChI is InChI=1S/C20H27N5O/c1-5-24-6-8-25(9-7-24)20(26)17-12-18(22-13-21-17)23-19-15(3)10-14(2)11-16(19)4/h10-13H,5-9H2,1-4H3,(H,21,22,23). The molecule has 1 saturated heterocycles. The molecule has 0 bridgehead atoms. The Kier molecular flexibility index (Phi) is 5.52. The van der Waals surface area contributed by atoms with E-state index in [1.165, 1.54) is 11.9 Å².